The Balaban J connectivity index is 2.47. The van der Waals surface area contributed by atoms with E-state index in [1.807, 2.05) is 0 Å². The third kappa shape index (κ3) is 5.61. The molecule has 0 aromatic rings. The summed E-state index contributed by atoms with van der Waals surface area (Å²) in [4.78, 5) is 35.2. The largest absolute Gasteiger partial charge is 0.481 e. The van der Waals surface area contributed by atoms with Crippen molar-refractivity contribution in [2.24, 2.45) is 11.8 Å². The number of carbonyl (C=O) groups is 3. The minimum absolute atomic E-state index is 0.112. The van der Waals surface area contributed by atoms with Gasteiger partial charge < -0.3 is 20.4 Å². The molecule has 1 aliphatic rings. The van der Waals surface area contributed by atoms with Crippen LogP contribution in [0.25, 0.3) is 0 Å². The highest BCUT2D eigenvalue weighted by molar-refractivity contribution is 5.83. The number of likely N-dealkylation sites (tertiary alicyclic amines) is 1. The Bertz CT molecular complexity index is 389. The van der Waals surface area contributed by atoms with E-state index >= 15 is 0 Å². The highest BCUT2D eigenvalue weighted by atomic mass is 16.4. The number of piperidine rings is 1. The van der Waals surface area contributed by atoms with Gasteiger partial charge >= 0.3 is 18.0 Å². The van der Waals surface area contributed by atoms with Crippen molar-refractivity contribution in [2.75, 3.05) is 13.1 Å². The van der Waals surface area contributed by atoms with Crippen molar-refractivity contribution in [1.29, 1.82) is 0 Å². The van der Waals surface area contributed by atoms with Gasteiger partial charge in [0, 0.05) is 19.5 Å². The summed E-state index contributed by atoms with van der Waals surface area (Å²) in [5, 5.41) is 20.0. The number of aliphatic carboxylic acids is 2. The number of nitrogens with one attached hydrogen (secondary N) is 1. The first-order valence-corrected chi connectivity index (χ1v) is 7.31. The van der Waals surface area contributed by atoms with Crippen molar-refractivity contribution in [3.63, 3.8) is 0 Å². The van der Waals surface area contributed by atoms with Crippen LogP contribution in [0, 0.1) is 11.8 Å². The van der Waals surface area contributed by atoms with Gasteiger partial charge in [-0.1, -0.05) is 13.8 Å². The lowest BCUT2D eigenvalue weighted by Crippen LogP contribution is -2.50. The molecule has 0 aliphatic carbocycles. The number of hydrogen-bond acceptors (Lipinski definition) is 3. The second-order valence-corrected chi connectivity index (χ2v) is 5.84. The minimum Gasteiger partial charge on any atom is -0.481 e. The van der Waals surface area contributed by atoms with E-state index in [9.17, 15) is 14.4 Å². The van der Waals surface area contributed by atoms with Gasteiger partial charge in [-0.2, -0.15) is 0 Å². The van der Waals surface area contributed by atoms with Crippen LogP contribution in [0.1, 0.15) is 39.5 Å². The predicted molar refractivity (Wildman–Crippen MR) is 76.0 cm³/mol. The molecule has 21 heavy (non-hydrogen) atoms. The summed E-state index contributed by atoms with van der Waals surface area (Å²) in [7, 11) is 0. The first-order valence-electron chi connectivity index (χ1n) is 7.31. The maximum atomic E-state index is 12.0. The van der Waals surface area contributed by atoms with Crippen LogP contribution in [0.15, 0.2) is 0 Å². The second-order valence-electron chi connectivity index (χ2n) is 5.84. The molecular formula is C14H24N2O5. The SMILES string of the molecule is CC(C)C1CCN(C(=O)N[C@@H](CCC(=O)O)C(=O)O)CC1. The Morgan fingerprint density at radius 1 is 1.19 bits per heavy atom. The molecule has 0 spiro atoms. The molecule has 7 heteroatoms. The summed E-state index contributed by atoms with van der Waals surface area (Å²) < 4.78 is 0. The Labute approximate surface area is 124 Å². The lowest BCUT2D eigenvalue weighted by molar-refractivity contribution is -0.140. The van der Waals surface area contributed by atoms with Gasteiger partial charge in [0.15, 0.2) is 0 Å². The lowest BCUT2D eigenvalue weighted by atomic mass is 9.87. The molecule has 1 saturated heterocycles. The van der Waals surface area contributed by atoms with E-state index < -0.39 is 24.0 Å². The fourth-order valence-electron chi connectivity index (χ4n) is 2.53. The summed E-state index contributed by atoms with van der Waals surface area (Å²) in [6.45, 7) is 5.54. The molecule has 7 nitrogen and oxygen atoms in total. The lowest BCUT2D eigenvalue weighted by Gasteiger charge is -2.34. The minimum atomic E-state index is -1.21. The van der Waals surface area contributed by atoms with Crippen LogP contribution in [-0.4, -0.2) is 52.2 Å². The van der Waals surface area contributed by atoms with Crippen LogP contribution in [0.4, 0.5) is 4.79 Å². The van der Waals surface area contributed by atoms with Gasteiger partial charge in [-0.25, -0.2) is 9.59 Å². The van der Waals surface area contributed by atoms with E-state index in [1.165, 1.54) is 0 Å². The zero-order valence-electron chi connectivity index (χ0n) is 12.5. The average molecular weight is 300 g/mol. The number of carbonyl (C=O) groups excluding carboxylic acids is 1. The van der Waals surface area contributed by atoms with Crippen LogP contribution >= 0.6 is 0 Å². The topological polar surface area (TPSA) is 107 Å². The van der Waals surface area contributed by atoms with E-state index in [2.05, 4.69) is 19.2 Å². The fraction of sp³-hybridized carbons (Fsp3) is 0.786. The fourth-order valence-corrected chi connectivity index (χ4v) is 2.53. The number of carboxylic acids is 2. The number of urea groups is 1. The molecule has 0 aromatic carbocycles. The van der Waals surface area contributed by atoms with Crippen LogP contribution < -0.4 is 5.32 Å². The molecule has 1 atom stereocenters. The number of hydrogen-bond donors (Lipinski definition) is 3. The molecule has 1 heterocycles. The van der Waals surface area contributed by atoms with Crippen LogP contribution in [0.2, 0.25) is 0 Å². The zero-order valence-corrected chi connectivity index (χ0v) is 12.5. The molecule has 0 bridgehead atoms. The normalized spacial score (nSPS) is 17.6. The Kier molecular flexibility index (Phi) is 6.45. The standard InChI is InChI=1S/C14H24N2O5/c1-9(2)10-5-7-16(8-6-10)14(21)15-11(13(19)20)3-4-12(17)18/h9-11H,3-8H2,1-2H3,(H,15,21)(H,17,18)(H,19,20)/t11-/m0/s1. The summed E-state index contributed by atoms with van der Waals surface area (Å²) in [5.41, 5.74) is 0. The maximum absolute atomic E-state index is 12.0. The summed E-state index contributed by atoms with van der Waals surface area (Å²) in [5.74, 6) is -1.11. The van der Waals surface area contributed by atoms with Crippen molar-refractivity contribution in [1.82, 2.24) is 10.2 Å². The molecular weight excluding hydrogens is 276 g/mol. The van der Waals surface area contributed by atoms with E-state index in [0.717, 1.165) is 12.8 Å². The second kappa shape index (κ2) is 7.85. The van der Waals surface area contributed by atoms with Gasteiger partial charge in [0.2, 0.25) is 0 Å². The van der Waals surface area contributed by atoms with E-state index in [-0.39, 0.29) is 12.8 Å². The van der Waals surface area contributed by atoms with E-state index in [1.54, 1.807) is 4.90 Å². The first kappa shape index (κ1) is 17.3. The smallest absolute Gasteiger partial charge is 0.326 e. The summed E-state index contributed by atoms with van der Waals surface area (Å²) >= 11 is 0. The number of carboxylic acid groups (broad SMARTS) is 2. The molecule has 0 unspecified atom stereocenters. The molecule has 1 fully saturated rings. The Morgan fingerprint density at radius 3 is 2.19 bits per heavy atom. The molecule has 0 saturated carbocycles. The van der Waals surface area contributed by atoms with Gasteiger partial charge in [-0.15, -0.1) is 0 Å². The quantitative estimate of drug-likeness (QED) is 0.687. The molecule has 0 aromatic heterocycles. The molecule has 2 amide bonds. The summed E-state index contributed by atoms with van der Waals surface area (Å²) in [6, 6.07) is -1.58. The Hall–Kier alpha value is -1.79. The first-order chi connectivity index (χ1) is 9.81. The molecule has 0 radical (unpaired) electrons. The van der Waals surface area contributed by atoms with Gasteiger partial charge in [0.1, 0.15) is 6.04 Å². The van der Waals surface area contributed by atoms with Crippen LogP contribution in [0.3, 0.4) is 0 Å². The summed E-state index contributed by atoms with van der Waals surface area (Å²) in [6.07, 6.45) is 1.43. The highest BCUT2D eigenvalue weighted by Crippen LogP contribution is 2.24. The van der Waals surface area contributed by atoms with Crippen molar-refractivity contribution >= 4 is 18.0 Å². The third-order valence-corrected chi connectivity index (χ3v) is 4.01. The van der Waals surface area contributed by atoms with Crippen molar-refractivity contribution in [2.45, 2.75) is 45.6 Å². The Morgan fingerprint density at radius 2 is 1.76 bits per heavy atom. The monoisotopic (exact) mass is 300 g/mol. The van der Waals surface area contributed by atoms with Gasteiger partial charge in [0.25, 0.3) is 0 Å². The molecule has 1 rings (SSSR count). The van der Waals surface area contributed by atoms with E-state index in [4.69, 9.17) is 10.2 Å². The van der Waals surface area contributed by atoms with Crippen molar-refractivity contribution in [3.8, 4) is 0 Å². The maximum Gasteiger partial charge on any atom is 0.326 e. The zero-order chi connectivity index (χ0) is 16.0. The number of nitrogens with zero attached hydrogens (tertiary/aromatic N) is 1. The number of amides is 2. The van der Waals surface area contributed by atoms with Crippen molar-refractivity contribution in [3.05, 3.63) is 0 Å². The molecule has 3 N–H and O–H groups in total. The van der Waals surface area contributed by atoms with Crippen molar-refractivity contribution < 1.29 is 24.6 Å². The highest BCUT2D eigenvalue weighted by Gasteiger charge is 2.27. The average Bonchev–Trinajstić information content (AvgIpc) is 2.42. The van der Waals surface area contributed by atoms with Gasteiger partial charge in [-0.05, 0) is 31.1 Å². The van der Waals surface area contributed by atoms with Gasteiger partial charge in [0.05, 0.1) is 0 Å². The van der Waals surface area contributed by atoms with Crippen LogP contribution in [0.5, 0.6) is 0 Å². The van der Waals surface area contributed by atoms with E-state index in [0.29, 0.717) is 24.9 Å². The van der Waals surface area contributed by atoms with Crippen LogP contribution in [-0.2, 0) is 9.59 Å². The third-order valence-electron chi connectivity index (χ3n) is 4.01. The van der Waals surface area contributed by atoms with Gasteiger partial charge in [-0.3, -0.25) is 4.79 Å². The number of rotatable bonds is 6. The predicted octanol–water partition coefficient (Wildman–Crippen LogP) is 1.38. The molecule has 1 aliphatic heterocycles. The molecule has 120 valence electrons.